The lowest BCUT2D eigenvalue weighted by atomic mass is 9.94. The van der Waals surface area contributed by atoms with Crippen molar-refractivity contribution in [3.63, 3.8) is 0 Å². The third-order valence-corrected chi connectivity index (χ3v) is 3.70. The van der Waals surface area contributed by atoms with Crippen molar-refractivity contribution >= 4 is 0 Å². The quantitative estimate of drug-likeness (QED) is 0.798. The van der Waals surface area contributed by atoms with Crippen LogP contribution < -0.4 is 5.32 Å². The third-order valence-electron chi connectivity index (χ3n) is 3.70. The van der Waals surface area contributed by atoms with Crippen LogP contribution in [0.4, 0.5) is 0 Å². The van der Waals surface area contributed by atoms with Crippen molar-refractivity contribution in [2.45, 2.75) is 33.2 Å². The van der Waals surface area contributed by atoms with Crippen LogP contribution in [0.1, 0.15) is 43.0 Å². The monoisotopic (exact) mass is 267 g/mol. The minimum Gasteiger partial charge on any atom is -0.306 e. The van der Waals surface area contributed by atoms with Crippen LogP contribution in [0, 0.1) is 12.8 Å². The third kappa shape index (κ3) is 3.94. The summed E-state index contributed by atoms with van der Waals surface area (Å²) in [4.78, 5) is 0. The Morgan fingerprint density at radius 2 is 1.55 bits per heavy atom. The van der Waals surface area contributed by atoms with Gasteiger partial charge in [0.05, 0.1) is 6.04 Å². The summed E-state index contributed by atoms with van der Waals surface area (Å²) in [6.45, 7) is 7.78. The Hall–Kier alpha value is -1.60. The van der Waals surface area contributed by atoms with Crippen LogP contribution in [-0.2, 0) is 0 Å². The Kier molecular flexibility index (Phi) is 5.37. The first kappa shape index (κ1) is 14.8. The molecular weight excluding hydrogens is 242 g/mol. The van der Waals surface area contributed by atoms with Crippen molar-refractivity contribution < 1.29 is 0 Å². The van der Waals surface area contributed by atoms with Gasteiger partial charge in [-0.1, -0.05) is 68.4 Å². The van der Waals surface area contributed by atoms with E-state index in [0.717, 1.165) is 12.5 Å². The van der Waals surface area contributed by atoms with Crippen LogP contribution in [0.5, 0.6) is 0 Å². The van der Waals surface area contributed by atoms with E-state index in [2.05, 4.69) is 80.7 Å². The first-order valence-electron chi connectivity index (χ1n) is 7.52. The fraction of sp³-hybridized carbons (Fsp3) is 0.368. The molecule has 20 heavy (non-hydrogen) atoms. The number of nitrogens with one attached hydrogen (secondary N) is 1. The molecule has 0 saturated heterocycles. The molecule has 1 nitrogen and oxygen atoms in total. The molecule has 2 aromatic rings. The maximum Gasteiger partial charge on any atom is 0.0579 e. The van der Waals surface area contributed by atoms with Crippen molar-refractivity contribution in [2.75, 3.05) is 6.54 Å². The Labute approximate surface area is 123 Å². The highest BCUT2D eigenvalue weighted by Crippen LogP contribution is 2.24. The van der Waals surface area contributed by atoms with E-state index in [-0.39, 0.29) is 6.04 Å². The molecule has 106 valence electrons. The Morgan fingerprint density at radius 1 is 0.900 bits per heavy atom. The minimum absolute atomic E-state index is 0.288. The van der Waals surface area contributed by atoms with Crippen molar-refractivity contribution in [2.24, 2.45) is 5.92 Å². The summed E-state index contributed by atoms with van der Waals surface area (Å²) < 4.78 is 0. The molecule has 0 aliphatic heterocycles. The fourth-order valence-electron chi connectivity index (χ4n) is 2.48. The number of aryl methyl sites for hydroxylation is 1. The summed E-state index contributed by atoms with van der Waals surface area (Å²) in [5.74, 6) is 0.732. The maximum atomic E-state index is 3.72. The molecule has 2 rings (SSSR count). The van der Waals surface area contributed by atoms with Gasteiger partial charge >= 0.3 is 0 Å². The summed E-state index contributed by atoms with van der Waals surface area (Å²) in [5, 5.41) is 3.72. The van der Waals surface area contributed by atoms with Gasteiger partial charge in [0.1, 0.15) is 0 Å². The van der Waals surface area contributed by atoms with Gasteiger partial charge in [-0.3, -0.25) is 0 Å². The zero-order chi connectivity index (χ0) is 14.4. The van der Waals surface area contributed by atoms with Crippen LogP contribution in [0.3, 0.4) is 0 Å². The Bertz CT molecular complexity index is 516. The topological polar surface area (TPSA) is 12.0 Å². The smallest absolute Gasteiger partial charge is 0.0579 e. The highest BCUT2D eigenvalue weighted by Gasteiger charge is 2.14. The molecule has 1 heteroatoms. The van der Waals surface area contributed by atoms with E-state index < -0.39 is 0 Å². The van der Waals surface area contributed by atoms with E-state index in [1.54, 1.807) is 0 Å². The summed E-state index contributed by atoms with van der Waals surface area (Å²) in [7, 11) is 0. The van der Waals surface area contributed by atoms with E-state index in [0.29, 0.717) is 0 Å². The van der Waals surface area contributed by atoms with Crippen LogP contribution in [-0.4, -0.2) is 6.54 Å². The zero-order valence-corrected chi connectivity index (χ0v) is 12.8. The van der Waals surface area contributed by atoms with Crippen LogP contribution in [0.15, 0.2) is 54.6 Å². The second-order valence-corrected chi connectivity index (χ2v) is 5.84. The lowest BCUT2D eigenvalue weighted by Crippen LogP contribution is -2.25. The fourth-order valence-corrected chi connectivity index (χ4v) is 2.48. The van der Waals surface area contributed by atoms with Gasteiger partial charge < -0.3 is 5.32 Å². The molecule has 0 aromatic heterocycles. The average molecular weight is 267 g/mol. The van der Waals surface area contributed by atoms with E-state index in [1.807, 2.05) is 0 Å². The highest BCUT2D eigenvalue weighted by atomic mass is 14.9. The van der Waals surface area contributed by atoms with Gasteiger partial charge in [0.25, 0.3) is 0 Å². The minimum atomic E-state index is 0.288. The molecule has 0 amide bonds. The van der Waals surface area contributed by atoms with Gasteiger partial charge in [-0.05, 0) is 42.5 Å². The largest absolute Gasteiger partial charge is 0.306 e. The lowest BCUT2D eigenvalue weighted by molar-refractivity contribution is 0.509. The molecule has 1 unspecified atom stereocenters. The van der Waals surface area contributed by atoms with Crippen molar-refractivity contribution in [1.29, 1.82) is 0 Å². The number of benzene rings is 2. The normalized spacial score (nSPS) is 12.6. The van der Waals surface area contributed by atoms with Crippen LogP contribution in [0.25, 0.3) is 0 Å². The second kappa shape index (κ2) is 7.25. The second-order valence-electron chi connectivity index (χ2n) is 5.84. The zero-order valence-electron chi connectivity index (χ0n) is 12.8. The summed E-state index contributed by atoms with van der Waals surface area (Å²) >= 11 is 0. The predicted molar refractivity (Wildman–Crippen MR) is 86.9 cm³/mol. The molecule has 0 fully saturated rings. The SMILES string of the molecule is Cc1ccccc1C(NCCC(C)C)c1ccccc1. The van der Waals surface area contributed by atoms with Crippen molar-refractivity contribution in [1.82, 2.24) is 5.32 Å². The molecule has 0 saturated carbocycles. The van der Waals surface area contributed by atoms with Crippen molar-refractivity contribution in [3.8, 4) is 0 Å². The Morgan fingerprint density at radius 3 is 2.20 bits per heavy atom. The molecule has 0 aliphatic carbocycles. The Balaban J connectivity index is 2.23. The molecule has 0 spiro atoms. The summed E-state index contributed by atoms with van der Waals surface area (Å²) in [6, 6.07) is 19.7. The molecule has 0 bridgehead atoms. The van der Waals surface area contributed by atoms with Gasteiger partial charge in [-0.15, -0.1) is 0 Å². The summed E-state index contributed by atoms with van der Waals surface area (Å²) in [5.41, 5.74) is 4.06. The highest BCUT2D eigenvalue weighted by molar-refractivity contribution is 5.36. The molecule has 2 aromatic carbocycles. The van der Waals surface area contributed by atoms with E-state index in [1.165, 1.54) is 23.1 Å². The number of hydrogen-bond donors (Lipinski definition) is 1. The van der Waals surface area contributed by atoms with Gasteiger partial charge in [-0.2, -0.15) is 0 Å². The lowest BCUT2D eigenvalue weighted by Gasteiger charge is -2.22. The average Bonchev–Trinajstić information content (AvgIpc) is 2.45. The van der Waals surface area contributed by atoms with Gasteiger partial charge in [0.2, 0.25) is 0 Å². The predicted octanol–water partition coefficient (Wildman–Crippen LogP) is 4.72. The van der Waals surface area contributed by atoms with E-state index in [4.69, 9.17) is 0 Å². The molecule has 0 radical (unpaired) electrons. The van der Waals surface area contributed by atoms with E-state index in [9.17, 15) is 0 Å². The molecule has 0 heterocycles. The first-order valence-corrected chi connectivity index (χ1v) is 7.52. The summed E-state index contributed by atoms with van der Waals surface area (Å²) in [6.07, 6.45) is 1.20. The number of hydrogen-bond acceptors (Lipinski definition) is 1. The molecular formula is C19H25N. The van der Waals surface area contributed by atoms with E-state index >= 15 is 0 Å². The van der Waals surface area contributed by atoms with Gasteiger partial charge in [-0.25, -0.2) is 0 Å². The van der Waals surface area contributed by atoms with Crippen LogP contribution in [0.2, 0.25) is 0 Å². The first-order chi connectivity index (χ1) is 9.68. The molecule has 1 N–H and O–H groups in total. The standard InChI is InChI=1S/C19H25N/c1-15(2)13-14-20-19(17-10-5-4-6-11-17)18-12-8-7-9-16(18)3/h4-12,15,19-20H,13-14H2,1-3H3. The maximum absolute atomic E-state index is 3.72. The molecule has 0 aliphatic rings. The van der Waals surface area contributed by atoms with Crippen LogP contribution >= 0.6 is 0 Å². The molecule has 1 atom stereocenters. The van der Waals surface area contributed by atoms with Gasteiger partial charge in [0.15, 0.2) is 0 Å². The van der Waals surface area contributed by atoms with Gasteiger partial charge in [0, 0.05) is 0 Å². The number of rotatable bonds is 6. The van der Waals surface area contributed by atoms with Crippen molar-refractivity contribution in [3.05, 3.63) is 71.3 Å².